The molecule has 0 saturated carbocycles. The van der Waals surface area contributed by atoms with Crippen LogP contribution in [-0.2, 0) is 11.2 Å². The fourth-order valence-corrected chi connectivity index (χ4v) is 3.08. The first-order chi connectivity index (χ1) is 10.1. The smallest absolute Gasteiger partial charge is 0.290 e. The van der Waals surface area contributed by atoms with E-state index in [2.05, 4.69) is 5.32 Å². The lowest BCUT2D eigenvalue weighted by atomic mass is 10.1. The van der Waals surface area contributed by atoms with Gasteiger partial charge < -0.3 is 9.47 Å². The molecule has 0 aliphatic carbocycles. The van der Waals surface area contributed by atoms with Crippen molar-refractivity contribution in [3.63, 3.8) is 0 Å². The maximum absolute atomic E-state index is 11.7. The monoisotopic (exact) mass is 305 g/mol. The molecule has 1 atom stereocenters. The second-order valence-electron chi connectivity index (χ2n) is 4.92. The summed E-state index contributed by atoms with van der Waals surface area (Å²) in [6, 6.07) is 3.82. The third-order valence-electron chi connectivity index (χ3n) is 3.26. The molecule has 0 radical (unpaired) electrons. The summed E-state index contributed by atoms with van der Waals surface area (Å²) in [5.41, 5.74) is 1.85. The van der Waals surface area contributed by atoms with Gasteiger partial charge in [0.25, 0.3) is 11.1 Å². The average Bonchev–Trinajstić information content (AvgIpc) is 2.91. The van der Waals surface area contributed by atoms with Crippen molar-refractivity contribution in [2.45, 2.75) is 26.4 Å². The van der Waals surface area contributed by atoms with Crippen LogP contribution in [-0.4, -0.2) is 23.9 Å². The Morgan fingerprint density at radius 3 is 2.95 bits per heavy atom. The van der Waals surface area contributed by atoms with E-state index in [4.69, 9.17) is 9.47 Å². The van der Waals surface area contributed by atoms with Gasteiger partial charge in [-0.15, -0.1) is 0 Å². The number of nitrogens with one attached hydrogen (secondary N) is 1. The number of carbonyl (C=O) groups excluding carboxylic acids is 2. The van der Waals surface area contributed by atoms with Crippen molar-refractivity contribution in [2.24, 2.45) is 0 Å². The van der Waals surface area contributed by atoms with Crippen LogP contribution in [0.4, 0.5) is 4.79 Å². The van der Waals surface area contributed by atoms with Gasteiger partial charge in [0.2, 0.25) is 0 Å². The first-order valence-electron chi connectivity index (χ1n) is 6.78. The van der Waals surface area contributed by atoms with Gasteiger partial charge in [0.05, 0.1) is 11.5 Å². The van der Waals surface area contributed by atoms with E-state index in [1.165, 1.54) is 0 Å². The van der Waals surface area contributed by atoms with Crippen LogP contribution >= 0.6 is 11.8 Å². The van der Waals surface area contributed by atoms with Gasteiger partial charge in [-0.1, -0.05) is 0 Å². The third-order valence-corrected chi connectivity index (χ3v) is 4.07. The summed E-state index contributed by atoms with van der Waals surface area (Å²) in [6.45, 7) is 4.45. The lowest BCUT2D eigenvalue weighted by Crippen LogP contribution is -2.17. The Morgan fingerprint density at radius 1 is 1.48 bits per heavy atom. The summed E-state index contributed by atoms with van der Waals surface area (Å²) in [6.07, 6.45) is 2.66. The number of carbonyl (C=O) groups is 2. The Hall–Kier alpha value is -1.95. The number of hydrogen-bond acceptors (Lipinski definition) is 5. The van der Waals surface area contributed by atoms with E-state index in [-0.39, 0.29) is 17.3 Å². The minimum absolute atomic E-state index is 0.142. The first-order valence-corrected chi connectivity index (χ1v) is 7.59. The predicted molar refractivity (Wildman–Crippen MR) is 80.5 cm³/mol. The van der Waals surface area contributed by atoms with Crippen molar-refractivity contribution in [1.29, 1.82) is 0 Å². The molecule has 0 spiro atoms. The summed E-state index contributed by atoms with van der Waals surface area (Å²) < 4.78 is 11.4. The van der Waals surface area contributed by atoms with Crippen molar-refractivity contribution >= 4 is 29.0 Å². The Bertz CT molecular complexity index is 653. The molecule has 0 unspecified atom stereocenters. The summed E-state index contributed by atoms with van der Waals surface area (Å²) in [4.78, 5) is 23.2. The molecule has 1 N–H and O–H groups in total. The molecule has 5 nitrogen and oxygen atoms in total. The first kappa shape index (κ1) is 14.0. The highest BCUT2D eigenvalue weighted by Gasteiger charge is 2.27. The van der Waals surface area contributed by atoms with Crippen LogP contribution in [0.25, 0.3) is 6.08 Å². The normalized spacial score (nSPS) is 22.2. The Labute approximate surface area is 126 Å². The number of hydrogen-bond donors (Lipinski definition) is 1. The van der Waals surface area contributed by atoms with Crippen molar-refractivity contribution < 1.29 is 19.1 Å². The highest BCUT2D eigenvalue weighted by Crippen LogP contribution is 2.37. The average molecular weight is 305 g/mol. The lowest BCUT2D eigenvalue weighted by molar-refractivity contribution is -0.115. The maximum Gasteiger partial charge on any atom is 0.290 e. The van der Waals surface area contributed by atoms with Crippen LogP contribution in [0, 0.1) is 0 Å². The molecule has 3 rings (SSSR count). The summed E-state index contributed by atoms with van der Waals surface area (Å²) in [5.74, 6) is 1.14. The van der Waals surface area contributed by atoms with Gasteiger partial charge in [-0.05, 0) is 43.8 Å². The van der Waals surface area contributed by atoms with Crippen LogP contribution < -0.4 is 14.8 Å². The van der Waals surface area contributed by atoms with Crippen LogP contribution in [0.2, 0.25) is 0 Å². The second-order valence-corrected chi connectivity index (χ2v) is 5.93. The van der Waals surface area contributed by atoms with E-state index in [1.807, 2.05) is 26.0 Å². The SMILES string of the molecule is CCOc1cc2c(cc1/C=C1\SC(=O)NC1=O)O[C@@H](C)C2. The minimum atomic E-state index is -0.373. The molecule has 6 heteroatoms. The molecule has 1 saturated heterocycles. The molecule has 21 heavy (non-hydrogen) atoms. The van der Waals surface area contributed by atoms with Gasteiger partial charge >= 0.3 is 0 Å². The minimum Gasteiger partial charge on any atom is -0.493 e. The van der Waals surface area contributed by atoms with Crippen molar-refractivity contribution in [3.05, 3.63) is 28.2 Å². The molecule has 1 aromatic carbocycles. The highest BCUT2D eigenvalue weighted by molar-refractivity contribution is 8.18. The Kier molecular flexibility index (Phi) is 3.63. The van der Waals surface area contributed by atoms with Gasteiger partial charge in [0.15, 0.2) is 0 Å². The zero-order chi connectivity index (χ0) is 15.0. The van der Waals surface area contributed by atoms with Crippen LogP contribution in [0.15, 0.2) is 17.0 Å². The standard InChI is InChI=1S/C15H15NO4S/c1-3-19-11-5-9-4-8(2)20-12(9)6-10(11)7-13-14(17)16-15(18)21-13/h5-8H,3-4H2,1-2H3,(H,16,17,18)/b13-7-/t8-/m0/s1. The van der Waals surface area contributed by atoms with E-state index in [9.17, 15) is 9.59 Å². The van der Waals surface area contributed by atoms with E-state index < -0.39 is 0 Å². The fraction of sp³-hybridized carbons (Fsp3) is 0.333. The fourth-order valence-electron chi connectivity index (χ4n) is 2.41. The van der Waals surface area contributed by atoms with Crippen molar-refractivity contribution in [2.75, 3.05) is 6.61 Å². The molecule has 2 heterocycles. The molecule has 2 aliphatic heterocycles. The number of benzene rings is 1. The van der Waals surface area contributed by atoms with Gasteiger partial charge in [-0.25, -0.2) is 0 Å². The van der Waals surface area contributed by atoms with Gasteiger partial charge in [-0.2, -0.15) is 0 Å². The zero-order valence-corrected chi connectivity index (χ0v) is 12.6. The second kappa shape index (κ2) is 5.44. The molecule has 0 aromatic heterocycles. The van der Waals surface area contributed by atoms with Crippen molar-refractivity contribution in [1.82, 2.24) is 5.32 Å². The number of rotatable bonds is 3. The summed E-state index contributed by atoms with van der Waals surface area (Å²) >= 11 is 0.894. The highest BCUT2D eigenvalue weighted by atomic mass is 32.2. The quantitative estimate of drug-likeness (QED) is 0.870. The molecule has 2 amide bonds. The molecule has 2 aliphatic rings. The van der Waals surface area contributed by atoms with Crippen molar-refractivity contribution in [3.8, 4) is 11.5 Å². The van der Waals surface area contributed by atoms with E-state index in [0.717, 1.165) is 35.1 Å². The topological polar surface area (TPSA) is 64.6 Å². The number of imide groups is 1. The number of fused-ring (bicyclic) bond motifs is 1. The van der Waals surface area contributed by atoms with E-state index >= 15 is 0 Å². The molecule has 1 fully saturated rings. The maximum atomic E-state index is 11.7. The van der Waals surface area contributed by atoms with E-state index in [1.54, 1.807) is 6.08 Å². The van der Waals surface area contributed by atoms with Gasteiger partial charge in [-0.3, -0.25) is 14.9 Å². The van der Waals surface area contributed by atoms with Crippen LogP contribution in [0.5, 0.6) is 11.5 Å². The largest absolute Gasteiger partial charge is 0.493 e. The lowest BCUT2D eigenvalue weighted by Gasteiger charge is -2.10. The zero-order valence-electron chi connectivity index (χ0n) is 11.8. The van der Waals surface area contributed by atoms with Crippen LogP contribution in [0.3, 0.4) is 0 Å². The predicted octanol–water partition coefficient (Wildman–Crippen LogP) is 2.73. The van der Waals surface area contributed by atoms with Gasteiger partial charge in [0, 0.05) is 17.5 Å². The number of ether oxygens (including phenoxy) is 2. The Balaban J connectivity index is 2.01. The molecule has 1 aromatic rings. The summed E-state index contributed by atoms with van der Waals surface area (Å²) in [7, 11) is 0. The van der Waals surface area contributed by atoms with Gasteiger partial charge in [0.1, 0.15) is 17.6 Å². The van der Waals surface area contributed by atoms with E-state index in [0.29, 0.717) is 17.3 Å². The Morgan fingerprint density at radius 2 is 2.29 bits per heavy atom. The third kappa shape index (κ3) is 2.76. The molecular formula is C15H15NO4S. The molecular weight excluding hydrogens is 290 g/mol. The molecule has 110 valence electrons. The number of thioether (sulfide) groups is 1. The summed E-state index contributed by atoms with van der Waals surface area (Å²) in [5, 5.41) is 1.89. The number of amides is 2. The molecule has 0 bridgehead atoms. The van der Waals surface area contributed by atoms with Crippen LogP contribution in [0.1, 0.15) is 25.0 Å².